The van der Waals surface area contributed by atoms with Crippen LogP contribution < -0.4 is 5.32 Å². The molecule has 0 saturated carbocycles. The van der Waals surface area contributed by atoms with Gasteiger partial charge in [-0.15, -0.1) is 0 Å². The Hall–Kier alpha value is -1.81. The molecule has 0 radical (unpaired) electrons. The third-order valence-electron chi connectivity index (χ3n) is 3.74. The Kier molecular flexibility index (Phi) is 5.39. The van der Waals surface area contributed by atoms with Gasteiger partial charge in [-0.3, -0.25) is 4.79 Å². The van der Waals surface area contributed by atoms with Crippen molar-refractivity contribution >= 4 is 16.8 Å². The predicted octanol–water partition coefficient (Wildman–Crippen LogP) is 3.33. The summed E-state index contributed by atoms with van der Waals surface area (Å²) in [5.41, 5.74) is 4.11. The van der Waals surface area contributed by atoms with Gasteiger partial charge in [-0.1, -0.05) is 13.3 Å². The zero-order valence-corrected chi connectivity index (χ0v) is 13.1. The quantitative estimate of drug-likeness (QED) is 0.768. The van der Waals surface area contributed by atoms with Crippen LogP contribution in [-0.2, 0) is 4.74 Å². The van der Waals surface area contributed by atoms with Gasteiger partial charge in [0, 0.05) is 35.3 Å². The van der Waals surface area contributed by atoms with Crippen molar-refractivity contribution in [2.45, 2.75) is 33.6 Å². The number of carbonyl (C=O) groups excluding carboxylic acids is 1. The molecule has 0 unspecified atom stereocenters. The van der Waals surface area contributed by atoms with Crippen LogP contribution in [0.5, 0.6) is 0 Å². The van der Waals surface area contributed by atoms with Crippen molar-refractivity contribution in [3.63, 3.8) is 0 Å². The van der Waals surface area contributed by atoms with Crippen LogP contribution >= 0.6 is 0 Å². The van der Waals surface area contributed by atoms with E-state index < -0.39 is 0 Å². The number of hydrogen-bond donors (Lipinski definition) is 2. The van der Waals surface area contributed by atoms with Gasteiger partial charge in [0.1, 0.15) is 0 Å². The first-order chi connectivity index (χ1) is 10.1. The Morgan fingerprint density at radius 2 is 2.10 bits per heavy atom. The largest absolute Gasteiger partial charge is 0.380 e. The Balaban J connectivity index is 1.92. The third-order valence-corrected chi connectivity index (χ3v) is 3.74. The lowest BCUT2D eigenvalue weighted by atomic mass is 10.1. The highest BCUT2D eigenvalue weighted by molar-refractivity contribution is 5.99. The molecule has 1 amide bonds. The smallest absolute Gasteiger partial charge is 0.251 e. The summed E-state index contributed by atoms with van der Waals surface area (Å²) >= 11 is 0. The molecule has 21 heavy (non-hydrogen) atoms. The summed E-state index contributed by atoms with van der Waals surface area (Å²) in [6, 6.07) is 5.76. The van der Waals surface area contributed by atoms with Crippen molar-refractivity contribution in [3.8, 4) is 0 Å². The molecule has 114 valence electrons. The van der Waals surface area contributed by atoms with Crippen LogP contribution in [-0.4, -0.2) is 30.6 Å². The maximum Gasteiger partial charge on any atom is 0.251 e. The van der Waals surface area contributed by atoms with E-state index in [1.54, 1.807) is 0 Å². The second kappa shape index (κ2) is 7.27. The number of unbranched alkanes of at least 4 members (excludes halogenated alkanes) is 1. The highest BCUT2D eigenvalue weighted by Gasteiger charge is 2.09. The topological polar surface area (TPSA) is 54.1 Å². The maximum absolute atomic E-state index is 12.1. The average molecular weight is 288 g/mol. The molecular formula is C17H24N2O2. The molecule has 0 aliphatic heterocycles. The van der Waals surface area contributed by atoms with E-state index in [0.29, 0.717) is 18.7 Å². The van der Waals surface area contributed by atoms with Gasteiger partial charge in [-0.2, -0.15) is 0 Å². The van der Waals surface area contributed by atoms with Crippen LogP contribution in [0.4, 0.5) is 0 Å². The van der Waals surface area contributed by atoms with Gasteiger partial charge in [-0.25, -0.2) is 0 Å². The summed E-state index contributed by atoms with van der Waals surface area (Å²) in [6.45, 7) is 8.12. The van der Waals surface area contributed by atoms with E-state index in [-0.39, 0.29) is 5.91 Å². The van der Waals surface area contributed by atoms with E-state index in [1.165, 1.54) is 5.56 Å². The number of benzene rings is 1. The average Bonchev–Trinajstić information content (AvgIpc) is 2.77. The van der Waals surface area contributed by atoms with Gasteiger partial charge < -0.3 is 15.0 Å². The lowest BCUT2D eigenvalue weighted by Gasteiger charge is -2.06. The molecular weight excluding hydrogens is 264 g/mol. The maximum atomic E-state index is 12.1. The molecule has 0 bridgehead atoms. The van der Waals surface area contributed by atoms with Gasteiger partial charge >= 0.3 is 0 Å². The zero-order valence-electron chi connectivity index (χ0n) is 13.1. The highest BCUT2D eigenvalue weighted by Crippen LogP contribution is 2.22. The van der Waals surface area contributed by atoms with Crippen LogP contribution in [0.2, 0.25) is 0 Å². The highest BCUT2D eigenvalue weighted by atomic mass is 16.5. The molecule has 0 aliphatic rings. The van der Waals surface area contributed by atoms with Gasteiger partial charge in [0.2, 0.25) is 0 Å². The van der Waals surface area contributed by atoms with Crippen molar-refractivity contribution in [3.05, 3.63) is 35.0 Å². The van der Waals surface area contributed by atoms with E-state index in [2.05, 4.69) is 24.1 Å². The van der Waals surface area contributed by atoms with E-state index in [1.807, 2.05) is 25.1 Å². The number of fused-ring (bicyclic) bond motifs is 1. The molecule has 1 aromatic heterocycles. The van der Waals surface area contributed by atoms with E-state index >= 15 is 0 Å². The molecule has 0 spiro atoms. The number of aryl methyl sites for hydroxylation is 2. The molecule has 4 heteroatoms. The van der Waals surface area contributed by atoms with Gasteiger partial charge in [-0.05, 0) is 44.0 Å². The van der Waals surface area contributed by atoms with Crippen LogP contribution in [0.25, 0.3) is 10.9 Å². The second-order valence-electron chi connectivity index (χ2n) is 5.36. The van der Waals surface area contributed by atoms with E-state index in [4.69, 9.17) is 4.74 Å². The third kappa shape index (κ3) is 3.85. The van der Waals surface area contributed by atoms with Crippen molar-refractivity contribution in [1.29, 1.82) is 0 Å². The number of amides is 1. The van der Waals surface area contributed by atoms with Crippen LogP contribution in [0.3, 0.4) is 0 Å². The number of H-pyrrole nitrogens is 1. The van der Waals surface area contributed by atoms with Crippen molar-refractivity contribution in [2.75, 3.05) is 19.8 Å². The number of carbonyl (C=O) groups is 1. The van der Waals surface area contributed by atoms with E-state index in [9.17, 15) is 4.79 Å². The summed E-state index contributed by atoms with van der Waals surface area (Å²) in [7, 11) is 0. The predicted molar refractivity (Wildman–Crippen MR) is 85.8 cm³/mol. The minimum absolute atomic E-state index is 0.0470. The normalized spacial score (nSPS) is 11.0. The van der Waals surface area contributed by atoms with Gasteiger partial charge in [0.15, 0.2) is 0 Å². The SMILES string of the molecule is CCCCOCCNC(=O)c1ccc2[nH]c(C)c(C)c2c1. The fourth-order valence-electron chi connectivity index (χ4n) is 2.29. The van der Waals surface area contributed by atoms with Crippen LogP contribution in [0.1, 0.15) is 41.4 Å². The Bertz CT molecular complexity index is 617. The molecule has 0 saturated heterocycles. The number of rotatable bonds is 7. The van der Waals surface area contributed by atoms with Gasteiger partial charge in [0.05, 0.1) is 6.61 Å². The number of nitrogens with one attached hydrogen (secondary N) is 2. The molecule has 2 N–H and O–H groups in total. The minimum Gasteiger partial charge on any atom is -0.380 e. The lowest BCUT2D eigenvalue weighted by Crippen LogP contribution is -2.27. The fourth-order valence-corrected chi connectivity index (χ4v) is 2.29. The second-order valence-corrected chi connectivity index (χ2v) is 5.36. The summed E-state index contributed by atoms with van der Waals surface area (Å²) in [5, 5.41) is 4.00. The molecule has 4 nitrogen and oxygen atoms in total. The Labute approximate surface area is 125 Å². The minimum atomic E-state index is -0.0470. The van der Waals surface area contributed by atoms with E-state index in [0.717, 1.165) is 36.0 Å². The lowest BCUT2D eigenvalue weighted by molar-refractivity contribution is 0.0913. The number of aromatic amines is 1. The van der Waals surface area contributed by atoms with Crippen molar-refractivity contribution in [1.82, 2.24) is 10.3 Å². The standard InChI is InChI=1S/C17H24N2O2/c1-4-5-9-21-10-8-18-17(20)14-6-7-16-15(11-14)12(2)13(3)19-16/h6-7,11,19H,4-5,8-10H2,1-3H3,(H,18,20). The summed E-state index contributed by atoms with van der Waals surface area (Å²) in [6.07, 6.45) is 2.19. The van der Waals surface area contributed by atoms with Crippen molar-refractivity contribution < 1.29 is 9.53 Å². The molecule has 2 aromatic rings. The first-order valence-electron chi connectivity index (χ1n) is 7.58. The molecule has 0 atom stereocenters. The Morgan fingerprint density at radius 3 is 2.86 bits per heavy atom. The van der Waals surface area contributed by atoms with Crippen molar-refractivity contribution in [2.24, 2.45) is 0 Å². The van der Waals surface area contributed by atoms with Crippen LogP contribution in [0, 0.1) is 13.8 Å². The first kappa shape index (κ1) is 15.6. The van der Waals surface area contributed by atoms with Gasteiger partial charge in [0.25, 0.3) is 5.91 Å². The fraction of sp³-hybridized carbons (Fsp3) is 0.471. The molecule has 0 aliphatic carbocycles. The number of hydrogen-bond acceptors (Lipinski definition) is 2. The number of aromatic nitrogens is 1. The molecule has 1 heterocycles. The Morgan fingerprint density at radius 1 is 1.29 bits per heavy atom. The molecule has 0 fully saturated rings. The summed E-state index contributed by atoms with van der Waals surface area (Å²) in [4.78, 5) is 15.4. The first-order valence-corrected chi connectivity index (χ1v) is 7.58. The summed E-state index contributed by atoms with van der Waals surface area (Å²) in [5.74, 6) is -0.0470. The number of ether oxygens (including phenoxy) is 1. The summed E-state index contributed by atoms with van der Waals surface area (Å²) < 4.78 is 5.43. The monoisotopic (exact) mass is 288 g/mol. The molecule has 2 rings (SSSR count). The molecule has 1 aromatic carbocycles. The van der Waals surface area contributed by atoms with Crippen LogP contribution in [0.15, 0.2) is 18.2 Å². The zero-order chi connectivity index (χ0) is 15.2.